The number of hydrogen-bond acceptors (Lipinski definition) is 3. The van der Waals surface area contributed by atoms with Gasteiger partial charge in [-0.1, -0.05) is 23.7 Å². The smallest absolute Gasteiger partial charge is 0.237 e. The molecule has 0 bridgehead atoms. The third kappa shape index (κ3) is 6.36. The minimum atomic E-state index is -0.297. The molecule has 25 heavy (non-hydrogen) atoms. The first-order valence-corrected chi connectivity index (χ1v) is 8.44. The van der Waals surface area contributed by atoms with Gasteiger partial charge in [-0.2, -0.15) is 0 Å². The van der Waals surface area contributed by atoms with Crippen LogP contribution < -0.4 is 10.1 Å². The standard InChI is InChI=1S/C19H22ClFN2O2/c1-14(19(24)22-13-15-3-7-17(21)8-4-15)23(2)11-12-25-18-9-5-16(20)6-10-18/h3-10,14H,11-13H2,1-2H3,(H,22,24). The van der Waals surface area contributed by atoms with Gasteiger partial charge in [-0.05, 0) is 55.9 Å². The normalized spacial score (nSPS) is 12.0. The van der Waals surface area contributed by atoms with Gasteiger partial charge < -0.3 is 10.1 Å². The van der Waals surface area contributed by atoms with E-state index in [0.717, 1.165) is 11.3 Å². The number of ether oxygens (including phenoxy) is 1. The molecule has 4 nitrogen and oxygen atoms in total. The molecule has 0 saturated carbocycles. The highest BCUT2D eigenvalue weighted by Crippen LogP contribution is 2.15. The summed E-state index contributed by atoms with van der Waals surface area (Å²) in [4.78, 5) is 14.1. The Morgan fingerprint density at radius 2 is 1.84 bits per heavy atom. The lowest BCUT2D eigenvalue weighted by molar-refractivity contribution is -0.125. The molecular weight excluding hydrogens is 343 g/mol. The van der Waals surface area contributed by atoms with Crippen LogP contribution in [-0.4, -0.2) is 37.0 Å². The highest BCUT2D eigenvalue weighted by Gasteiger charge is 2.17. The number of likely N-dealkylation sites (N-methyl/N-ethyl adjacent to an activating group) is 1. The van der Waals surface area contributed by atoms with Gasteiger partial charge in [0.15, 0.2) is 0 Å². The minimum Gasteiger partial charge on any atom is -0.492 e. The molecule has 1 atom stereocenters. The monoisotopic (exact) mass is 364 g/mol. The van der Waals surface area contributed by atoms with Crippen molar-refractivity contribution in [1.82, 2.24) is 10.2 Å². The Morgan fingerprint density at radius 1 is 1.20 bits per heavy atom. The third-order valence-electron chi connectivity index (χ3n) is 3.95. The molecule has 1 amide bonds. The van der Waals surface area contributed by atoms with Crippen molar-refractivity contribution in [2.24, 2.45) is 0 Å². The second-order valence-electron chi connectivity index (χ2n) is 5.80. The zero-order valence-electron chi connectivity index (χ0n) is 14.3. The van der Waals surface area contributed by atoms with E-state index in [2.05, 4.69) is 5.32 Å². The number of carbonyl (C=O) groups is 1. The van der Waals surface area contributed by atoms with Crippen molar-refractivity contribution in [3.8, 4) is 5.75 Å². The molecule has 6 heteroatoms. The van der Waals surface area contributed by atoms with E-state index in [-0.39, 0.29) is 17.8 Å². The van der Waals surface area contributed by atoms with Crippen LogP contribution in [-0.2, 0) is 11.3 Å². The second-order valence-corrected chi connectivity index (χ2v) is 6.24. The average Bonchev–Trinajstić information content (AvgIpc) is 2.62. The van der Waals surface area contributed by atoms with Gasteiger partial charge in [-0.3, -0.25) is 9.69 Å². The summed E-state index contributed by atoms with van der Waals surface area (Å²) in [7, 11) is 1.87. The Morgan fingerprint density at radius 3 is 2.48 bits per heavy atom. The first-order valence-electron chi connectivity index (χ1n) is 8.06. The van der Waals surface area contributed by atoms with Crippen molar-refractivity contribution in [3.63, 3.8) is 0 Å². The molecule has 1 unspecified atom stereocenters. The van der Waals surface area contributed by atoms with Gasteiger partial charge in [-0.25, -0.2) is 4.39 Å². The highest BCUT2D eigenvalue weighted by atomic mass is 35.5. The Bertz CT molecular complexity index is 677. The van der Waals surface area contributed by atoms with Crippen LogP contribution in [0.2, 0.25) is 5.02 Å². The predicted molar refractivity (Wildman–Crippen MR) is 97.3 cm³/mol. The van der Waals surface area contributed by atoms with Crippen LogP contribution in [0.1, 0.15) is 12.5 Å². The molecule has 0 heterocycles. The molecule has 0 saturated heterocycles. The van der Waals surface area contributed by atoms with Crippen molar-refractivity contribution < 1.29 is 13.9 Å². The van der Waals surface area contributed by atoms with Gasteiger partial charge in [0, 0.05) is 18.1 Å². The molecule has 2 aromatic rings. The maximum Gasteiger partial charge on any atom is 0.237 e. The first kappa shape index (κ1) is 19.2. The van der Waals surface area contributed by atoms with Crippen LogP contribution in [0.15, 0.2) is 48.5 Å². The van der Waals surface area contributed by atoms with Crippen molar-refractivity contribution in [3.05, 3.63) is 64.9 Å². The van der Waals surface area contributed by atoms with E-state index in [9.17, 15) is 9.18 Å². The Balaban J connectivity index is 1.72. The van der Waals surface area contributed by atoms with Crippen LogP contribution >= 0.6 is 11.6 Å². The van der Waals surface area contributed by atoms with Crippen molar-refractivity contribution in [2.45, 2.75) is 19.5 Å². The van der Waals surface area contributed by atoms with Gasteiger partial charge in [-0.15, -0.1) is 0 Å². The zero-order valence-corrected chi connectivity index (χ0v) is 15.1. The van der Waals surface area contributed by atoms with Gasteiger partial charge >= 0.3 is 0 Å². The number of rotatable bonds is 8. The second kappa shape index (κ2) is 9.39. The van der Waals surface area contributed by atoms with Gasteiger partial charge in [0.2, 0.25) is 5.91 Å². The van der Waals surface area contributed by atoms with E-state index in [1.54, 1.807) is 36.4 Å². The molecule has 0 radical (unpaired) electrons. The fraction of sp³-hybridized carbons (Fsp3) is 0.316. The molecule has 134 valence electrons. The Kier molecular flexibility index (Phi) is 7.22. The molecule has 0 aliphatic heterocycles. The Labute approximate surface area is 152 Å². The van der Waals surface area contributed by atoms with Gasteiger partial charge in [0.25, 0.3) is 0 Å². The van der Waals surface area contributed by atoms with E-state index in [1.807, 2.05) is 18.9 Å². The van der Waals surface area contributed by atoms with Crippen LogP contribution in [0.3, 0.4) is 0 Å². The quantitative estimate of drug-likeness (QED) is 0.779. The SMILES string of the molecule is CC(C(=O)NCc1ccc(F)cc1)N(C)CCOc1ccc(Cl)cc1. The van der Waals surface area contributed by atoms with E-state index in [1.165, 1.54) is 12.1 Å². The summed E-state index contributed by atoms with van der Waals surface area (Å²) >= 11 is 5.83. The number of amides is 1. The summed E-state index contributed by atoms with van der Waals surface area (Å²) in [6.45, 7) is 3.28. The first-order chi connectivity index (χ1) is 12.0. The largest absolute Gasteiger partial charge is 0.492 e. The zero-order chi connectivity index (χ0) is 18.2. The van der Waals surface area contributed by atoms with E-state index in [4.69, 9.17) is 16.3 Å². The summed E-state index contributed by atoms with van der Waals surface area (Å²) < 4.78 is 18.5. The van der Waals surface area contributed by atoms with Crippen LogP contribution in [0, 0.1) is 5.82 Å². The van der Waals surface area contributed by atoms with Crippen molar-refractivity contribution >= 4 is 17.5 Å². The maximum absolute atomic E-state index is 12.9. The summed E-state index contributed by atoms with van der Waals surface area (Å²) in [6, 6.07) is 12.9. The van der Waals surface area contributed by atoms with E-state index >= 15 is 0 Å². The van der Waals surface area contributed by atoms with Crippen LogP contribution in [0.4, 0.5) is 4.39 Å². The molecule has 0 spiro atoms. The van der Waals surface area contributed by atoms with E-state index < -0.39 is 0 Å². The molecule has 2 rings (SSSR count). The van der Waals surface area contributed by atoms with Gasteiger partial charge in [0.05, 0.1) is 6.04 Å². The highest BCUT2D eigenvalue weighted by molar-refractivity contribution is 6.30. The van der Waals surface area contributed by atoms with Crippen LogP contribution in [0.25, 0.3) is 0 Å². The fourth-order valence-corrected chi connectivity index (χ4v) is 2.30. The number of halogens is 2. The molecule has 0 aromatic heterocycles. The maximum atomic E-state index is 12.9. The lowest BCUT2D eigenvalue weighted by Crippen LogP contribution is -2.44. The predicted octanol–water partition coefficient (Wildman–Crippen LogP) is 3.49. The topological polar surface area (TPSA) is 41.6 Å². The molecular formula is C19H22ClFN2O2. The molecule has 0 fully saturated rings. The fourth-order valence-electron chi connectivity index (χ4n) is 2.17. The average molecular weight is 365 g/mol. The van der Waals surface area contributed by atoms with Crippen LogP contribution in [0.5, 0.6) is 5.75 Å². The number of hydrogen-bond donors (Lipinski definition) is 1. The summed E-state index contributed by atoms with van der Waals surface area (Å²) in [5.74, 6) is 0.369. The third-order valence-corrected chi connectivity index (χ3v) is 4.20. The lowest BCUT2D eigenvalue weighted by atomic mass is 10.2. The lowest BCUT2D eigenvalue weighted by Gasteiger charge is -2.23. The summed E-state index contributed by atoms with van der Waals surface area (Å²) in [6.07, 6.45) is 0. The Hall–Kier alpha value is -2.11. The molecule has 0 aliphatic rings. The number of carbonyl (C=O) groups excluding carboxylic acids is 1. The van der Waals surface area contributed by atoms with Crippen molar-refractivity contribution in [1.29, 1.82) is 0 Å². The van der Waals surface area contributed by atoms with E-state index in [0.29, 0.717) is 24.7 Å². The number of benzene rings is 2. The van der Waals surface area contributed by atoms with Crippen molar-refractivity contribution in [2.75, 3.05) is 20.2 Å². The molecule has 1 N–H and O–H groups in total. The summed E-state index contributed by atoms with van der Waals surface area (Å²) in [5, 5.41) is 3.52. The molecule has 0 aliphatic carbocycles. The summed E-state index contributed by atoms with van der Waals surface area (Å²) in [5.41, 5.74) is 0.857. The number of nitrogens with one attached hydrogen (secondary N) is 1. The van der Waals surface area contributed by atoms with Gasteiger partial charge in [0.1, 0.15) is 18.2 Å². The minimum absolute atomic E-state index is 0.0849. The molecule has 2 aromatic carbocycles. The number of nitrogens with zero attached hydrogens (tertiary/aromatic N) is 1.